The van der Waals surface area contributed by atoms with Crippen LogP contribution in [0.1, 0.15) is 34.8 Å². The highest BCUT2D eigenvalue weighted by molar-refractivity contribution is 6.43. The number of nitrogens with two attached hydrogens (primary N) is 1. The Morgan fingerprint density at radius 2 is 2.09 bits per heavy atom. The van der Waals surface area contributed by atoms with Gasteiger partial charge in [0.05, 0.1) is 33.2 Å². The highest BCUT2D eigenvalue weighted by atomic mass is 35.5. The van der Waals surface area contributed by atoms with Crippen LogP contribution >= 0.6 is 35.6 Å². The van der Waals surface area contributed by atoms with E-state index in [1.54, 1.807) is 22.9 Å². The van der Waals surface area contributed by atoms with Gasteiger partial charge in [-0.1, -0.05) is 29.3 Å². The number of halogens is 3. The Morgan fingerprint density at radius 3 is 2.70 bits per heavy atom. The van der Waals surface area contributed by atoms with Crippen LogP contribution in [0, 0.1) is 5.41 Å². The molecule has 9 heteroatoms. The van der Waals surface area contributed by atoms with E-state index in [1.165, 1.54) is 6.20 Å². The molecule has 1 aromatic heterocycles. The summed E-state index contributed by atoms with van der Waals surface area (Å²) in [5, 5.41) is 14.5. The lowest BCUT2D eigenvalue weighted by molar-refractivity contribution is 0.0975. The van der Waals surface area contributed by atoms with Crippen molar-refractivity contribution in [1.82, 2.24) is 15.1 Å². The van der Waals surface area contributed by atoms with Crippen LogP contribution in [0.25, 0.3) is 5.69 Å². The smallest absolute Gasteiger partial charge is 0.261 e. The van der Waals surface area contributed by atoms with E-state index in [2.05, 4.69) is 10.4 Å². The van der Waals surface area contributed by atoms with Crippen molar-refractivity contribution in [2.24, 2.45) is 5.73 Å². The van der Waals surface area contributed by atoms with Gasteiger partial charge in [0, 0.05) is 5.92 Å². The SMILES string of the molecule is Cl.N=C(N)NC(=O)c1cnn(-c2cccc(Cl)c2Cl)c1C1CC1. The van der Waals surface area contributed by atoms with Crippen LogP contribution in [0.15, 0.2) is 24.4 Å². The van der Waals surface area contributed by atoms with Crippen molar-refractivity contribution in [3.05, 3.63) is 45.7 Å². The van der Waals surface area contributed by atoms with Gasteiger partial charge >= 0.3 is 0 Å². The van der Waals surface area contributed by atoms with Crippen LogP contribution in [0.2, 0.25) is 10.0 Å². The average molecular weight is 375 g/mol. The predicted octanol–water partition coefficient (Wildman–Crippen LogP) is 3.10. The molecule has 122 valence electrons. The Labute approximate surface area is 148 Å². The molecule has 3 rings (SSSR count). The van der Waals surface area contributed by atoms with Gasteiger partial charge in [-0.25, -0.2) is 4.68 Å². The maximum absolute atomic E-state index is 12.2. The van der Waals surface area contributed by atoms with Gasteiger partial charge in [0.2, 0.25) is 0 Å². The third kappa shape index (κ3) is 3.44. The first-order chi connectivity index (χ1) is 10.5. The first-order valence-electron chi connectivity index (χ1n) is 6.66. The number of guanidine groups is 1. The molecule has 1 heterocycles. The van der Waals surface area contributed by atoms with Crippen LogP contribution in [0.5, 0.6) is 0 Å². The van der Waals surface area contributed by atoms with Crippen LogP contribution in [0.4, 0.5) is 0 Å². The van der Waals surface area contributed by atoms with E-state index in [0.717, 1.165) is 18.5 Å². The summed E-state index contributed by atoms with van der Waals surface area (Å²) in [4.78, 5) is 12.2. The van der Waals surface area contributed by atoms with Crippen LogP contribution in [0.3, 0.4) is 0 Å². The standard InChI is InChI=1S/C14H13Cl2N5O.ClH/c15-9-2-1-3-10(11(9)16)21-12(7-4-5-7)8(6-19-21)13(22)20-14(17)18;/h1-3,6-7H,4-5H2,(H4,17,18,20,22);1H. The van der Waals surface area contributed by atoms with E-state index in [-0.39, 0.29) is 18.3 Å². The van der Waals surface area contributed by atoms with Crippen LogP contribution in [-0.4, -0.2) is 21.6 Å². The fourth-order valence-electron chi connectivity index (χ4n) is 2.32. The highest BCUT2D eigenvalue weighted by Gasteiger charge is 2.33. The maximum Gasteiger partial charge on any atom is 0.261 e. The number of carbonyl (C=O) groups excluding carboxylic acids is 1. The Kier molecular flexibility index (Phi) is 5.19. The zero-order valence-electron chi connectivity index (χ0n) is 11.8. The van der Waals surface area contributed by atoms with Crippen molar-refractivity contribution in [3.8, 4) is 5.69 Å². The summed E-state index contributed by atoms with van der Waals surface area (Å²) >= 11 is 12.3. The van der Waals surface area contributed by atoms with Crippen molar-refractivity contribution in [2.75, 3.05) is 0 Å². The van der Waals surface area contributed by atoms with E-state index in [9.17, 15) is 4.79 Å². The summed E-state index contributed by atoms with van der Waals surface area (Å²) in [6.45, 7) is 0. The van der Waals surface area contributed by atoms with E-state index in [4.69, 9.17) is 34.3 Å². The molecule has 0 unspecified atom stereocenters. The number of benzene rings is 1. The number of nitrogens with one attached hydrogen (secondary N) is 2. The van der Waals surface area contributed by atoms with E-state index < -0.39 is 11.9 Å². The molecule has 6 nitrogen and oxygen atoms in total. The molecule has 0 radical (unpaired) electrons. The molecule has 1 aliphatic rings. The van der Waals surface area contributed by atoms with Crippen molar-refractivity contribution in [2.45, 2.75) is 18.8 Å². The second kappa shape index (κ2) is 6.78. The second-order valence-electron chi connectivity index (χ2n) is 5.07. The lowest BCUT2D eigenvalue weighted by atomic mass is 10.1. The first-order valence-corrected chi connectivity index (χ1v) is 7.42. The lowest BCUT2D eigenvalue weighted by Gasteiger charge is -2.11. The molecule has 4 N–H and O–H groups in total. The predicted molar refractivity (Wildman–Crippen MR) is 92.2 cm³/mol. The molecule has 1 aromatic carbocycles. The van der Waals surface area contributed by atoms with Gasteiger partial charge in [-0.15, -0.1) is 12.4 Å². The zero-order valence-corrected chi connectivity index (χ0v) is 14.2. The summed E-state index contributed by atoms with van der Waals surface area (Å²) in [6, 6.07) is 5.26. The number of nitrogens with zero attached hydrogens (tertiary/aromatic N) is 2. The Bertz CT molecular complexity index is 770. The molecule has 0 saturated heterocycles. The van der Waals surface area contributed by atoms with E-state index in [1.807, 2.05) is 0 Å². The lowest BCUT2D eigenvalue weighted by Crippen LogP contribution is -2.36. The third-order valence-electron chi connectivity index (χ3n) is 3.42. The normalized spacial score (nSPS) is 13.3. The summed E-state index contributed by atoms with van der Waals surface area (Å²) in [7, 11) is 0. The zero-order chi connectivity index (χ0) is 15.9. The van der Waals surface area contributed by atoms with Crippen molar-refractivity contribution >= 4 is 47.5 Å². The van der Waals surface area contributed by atoms with E-state index >= 15 is 0 Å². The Hall–Kier alpha value is -1.76. The van der Waals surface area contributed by atoms with Gasteiger partial charge in [-0.3, -0.25) is 15.5 Å². The summed E-state index contributed by atoms with van der Waals surface area (Å²) in [6.07, 6.45) is 3.41. The van der Waals surface area contributed by atoms with E-state index in [0.29, 0.717) is 21.3 Å². The monoisotopic (exact) mass is 373 g/mol. The van der Waals surface area contributed by atoms with Gasteiger partial charge in [-0.2, -0.15) is 5.10 Å². The first kappa shape index (κ1) is 17.6. The number of rotatable bonds is 3. The number of amides is 1. The average Bonchev–Trinajstić information content (AvgIpc) is 3.20. The fraction of sp³-hybridized carbons (Fsp3) is 0.214. The molecule has 0 aliphatic heterocycles. The number of carbonyl (C=O) groups is 1. The Morgan fingerprint density at radius 1 is 1.39 bits per heavy atom. The summed E-state index contributed by atoms with van der Waals surface area (Å²) in [5.74, 6) is -0.607. The third-order valence-corrected chi connectivity index (χ3v) is 4.23. The quantitative estimate of drug-likeness (QED) is 0.569. The van der Waals surface area contributed by atoms with Crippen molar-refractivity contribution in [1.29, 1.82) is 5.41 Å². The molecule has 1 saturated carbocycles. The van der Waals surface area contributed by atoms with Crippen molar-refractivity contribution < 1.29 is 4.79 Å². The molecule has 1 amide bonds. The largest absolute Gasteiger partial charge is 0.370 e. The molecule has 0 spiro atoms. The van der Waals surface area contributed by atoms with Crippen molar-refractivity contribution in [3.63, 3.8) is 0 Å². The minimum absolute atomic E-state index is 0. The summed E-state index contributed by atoms with van der Waals surface area (Å²) in [5.41, 5.74) is 7.01. The molecular formula is C14H14Cl3N5O. The summed E-state index contributed by atoms with van der Waals surface area (Å²) < 4.78 is 1.64. The van der Waals surface area contributed by atoms with Gasteiger partial charge in [0.25, 0.3) is 5.91 Å². The molecule has 1 fully saturated rings. The molecule has 2 aromatic rings. The molecule has 23 heavy (non-hydrogen) atoms. The van der Waals surface area contributed by atoms with Gasteiger partial charge in [-0.05, 0) is 25.0 Å². The van der Waals surface area contributed by atoms with Crippen LogP contribution < -0.4 is 11.1 Å². The van der Waals surface area contributed by atoms with Crippen LogP contribution in [-0.2, 0) is 0 Å². The minimum atomic E-state index is -0.446. The number of hydrogen-bond donors (Lipinski definition) is 3. The molecular weight excluding hydrogens is 361 g/mol. The topological polar surface area (TPSA) is 96.8 Å². The molecule has 0 bridgehead atoms. The van der Waals surface area contributed by atoms with Gasteiger partial charge in [0.15, 0.2) is 5.96 Å². The highest BCUT2D eigenvalue weighted by Crippen LogP contribution is 2.43. The number of aromatic nitrogens is 2. The second-order valence-corrected chi connectivity index (χ2v) is 5.86. The molecule has 1 aliphatic carbocycles. The maximum atomic E-state index is 12.2. The minimum Gasteiger partial charge on any atom is -0.370 e. The van der Waals surface area contributed by atoms with Gasteiger partial charge < -0.3 is 5.73 Å². The Balaban J connectivity index is 0.00000192. The number of hydrogen-bond acceptors (Lipinski definition) is 3. The molecule has 0 atom stereocenters. The van der Waals surface area contributed by atoms with Gasteiger partial charge in [0.1, 0.15) is 0 Å². The fourth-order valence-corrected chi connectivity index (χ4v) is 2.70.